The second-order valence-electron chi connectivity index (χ2n) is 5.22. The molecule has 3 aliphatic heterocycles. The largest absolute Gasteiger partial charge is 0.481 e. The first-order valence-corrected chi connectivity index (χ1v) is 6.63. The van der Waals surface area contributed by atoms with Gasteiger partial charge in [0.25, 0.3) is 0 Å². The molecule has 0 saturated carbocycles. The van der Waals surface area contributed by atoms with E-state index in [1.54, 1.807) is 12.2 Å². The Labute approximate surface area is 110 Å². The quantitative estimate of drug-likeness (QED) is 0.697. The highest BCUT2D eigenvalue weighted by atomic mass is 16.5. The van der Waals surface area contributed by atoms with Crippen LogP contribution in [0.5, 0.6) is 0 Å². The molecule has 0 aromatic carbocycles. The normalized spacial score (nSPS) is 39.7. The van der Waals surface area contributed by atoms with Crippen LogP contribution in [-0.2, 0) is 19.1 Å². The summed E-state index contributed by atoms with van der Waals surface area (Å²) < 4.78 is 10.9. The molecule has 19 heavy (non-hydrogen) atoms. The smallest absolute Gasteiger partial charge is 0.310 e. The summed E-state index contributed by atoms with van der Waals surface area (Å²) in [5.74, 6) is -2.64. The van der Waals surface area contributed by atoms with Crippen molar-refractivity contribution < 1.29 is 24.2 Å². The molecule has 104 valence electrons. The van der Waals surface area contributed by atoms with Gasteiger partial charge in [0.2, 0.25) is 5.91 Å². The molecule has 2 saturated heterocycles. The van der Waals surface area contributed by atoms with Gasteiger partial charge in [0.15, 0.2) is 0 Å². The Hall–Kier alpha value is -1.40. The van der Waals surface area contributed by atoms with Crippen LogP contribution in [0.4, 0.5) is 0 Å². The topological polar surface area (TPSA) is 84.9 Å². The number of ether oxygens (including phenoxy) is 2. The second-order valence-corrected chi connectivity index (χ2v) is 5.22. The number of hydrogen-bond acceptors (Lipinski definition) is 4. The lowest BCUT2D eigenvalue weighted by molar-refractivity contribution is -0.146. The van der Waals surface area contributed by atoms with Crippen molar-refractivity contribution in [2.75, 3.05) is 13.2 Å². The fourth-order valence-corrected chi connectivity index (χ4v) is 3.05. The molecule has 6 heteroatoms. The van der Waals surface area contributed by atoms with E-state index in [0.717, 1.165) is 19.4 Å². The molecule has 3 rings (SSSR count). The summed E-state index contributed by atoms with van der Waals surface area (Å²) in [6, 6.07) is 0. The lowest BCUT2D eigenvalue weighted by Crippen LogP contribution is -2.44. The molecule has 2 N–H and O–H groups in total. The first kappa shape index (κ1) is 12.6. The fraction of sp³-hybridized carbons (Fsp3) is 0.692. The Balaban J connectivity index is 1.62. The van der Waals surface area contributed by atoms with Crippen molar-refractivity contribution in [1.29, 1.82) is 0 Å². The highest BCUT2D eigenvalue weighted by molar-refractivity contribution is 5.87. The standard InChI is InChI=1S/C13H17NO5/c15-12(14-6-7-2-1-5-18-7)10-8-3-4-9(19-8)11(10)13(16)17/h3-4,7-11H,1-2,5-6H2,(H,14,15)(H,16,17). The van der Waals surface area contributed by atoms with Crippen molar-refractivity contribution in [2.45, 2.75) is 31.2 Å². The summed E-state index contributed by atoms with van der Waals surface area (Å²) in [6.45, 7) is 1.18. The third kappa shape index (κ3) is 2.26. The molecule has 3 aliphatic rings. The molecule has 5 unspecified atom stereocenters. The monoisotopic (exact) mass is 267 g/mol. The number of carboxylic acids is 1. The van der Waals surface area contributed by atoms with Gasteiger partial charge in [-0.3, -0.25) is 9.59 Å². The van der Waals surface area contributed by atoms with Crippen LogP contribution >= 0.6 is 0 Å². The molecule has 3 heterocycles. The first-order chi connectivity index (χ1) is 9.16. The molecule has 0 aromatic heterocycles. The van der Waals surface area contributed by atoms with Gasteiger partial charge in [0.1, 0.15) is 5.92 Å². The van der Waals surface area contributed by atoms with Crippen LogP contribution < -0.4 is 5.32 Å². The van der Waals surface area contributed by atoms with Gasteiger partial charge < -0.3 is 19.9 Å². The van der Waals surface area contributed by atoms with Gasteiger partial charge in [-0.25, -0.2) is 0 Å². The molecular formula is C13H17NO5. The summed E-state index contributed by atoms with van der Waals surface area (Å²) in [5.41, 5.74) is 0. The number of aliphatic carboxylic acids is 1. The van der Waals surface area contributed by atoms with E-state index >= 15 is 0 Å². The van der Waals surface area contributed by atoms with Gasteiger partial charge in [0, 0.05) is 13.2 Å². The van der Waals surface area contributed by atoms with Gasteiger partial charge in [-0.2, -0.15) is 0 Å². The maximum atomic E-state index is 12.2. The molecule has 0 aromatic rings. The molecule has 0 radical (unpaired) electrons. The minimum atomic E-state index is -0.978. The number of carboxylic acid groups (broad SMARTS) is 1. The Bertz CT molecular complexity index is 415. The van der Waals surface area contributed by atoms with Crippen LogP contribution in [0, 0.1) is 11.8 Å². The predicted molar refractivity (Wildman–Crippen MR) is 64.4 cm³/mol. The molecule has 6 nitrogen and oxygen atoms in total. The van der Waals surface area contributed by atoms with E-state index in [4.69, 9.17) is 9.47 Å². The van der Waals surface area contributed by atoms with E-state index in [-0.39, 0.29) is 12.0 Å². The second kappa shape index (κ2) is 4.94. The molecule has 2 bridgehead atoms. The number of nitrogens with one attached hydrogen (secondary N) is 1. The molecule has 1 amide bonds. The lowest BCUT2D eigenvalue weighted by atomic mass is 9.82. The average molecular weight is 267 g/mol. The predicted octanol–water partition coefficient (Wildman–Crippen LogP) is -0.0642. The van der Waals surface area contributed by atoms with Crippen LogP contribution in [0.15, 0.2) is 12.2 Å². The summed E-state index contributed by atoms with van der Waals surface area (Å²) in [4.78, 5) is 23.4. The Morgan fingerprint density at radius 2 is 2.00 bits per heavy atom. The summed E-state index contributed by atoms with van der Waals surface area (Å²) in [6.07, 6.45) is 4.64. The maximum absolute atomic E-state index is 12.2. The lowest BCUT2D eigenvalue weighted by Gasteiger charge is -2.21. The zero-order valence-electron chi connectivity index (χ0n) is 10.5. The van der Waals surface area contributed by atoms with Crippen molar-refractivity contribution in [2.24, 2.45) is 11.8 Å². The molecule has 0 aliphatic carbocycles. The van der Waals surface area contributed by atoms with Gasteiger partial charge in [0.05, 0.1) is 24.2 Å². The van der Waals surface area contributed by atoms with E-state index in [1.165, 1.54) is 0 Å². The third-order valence-electron chi connectivity index (χ3n) is 4.02. The average Bonchev–Trinajstić information content (AvgIpc) is 3.10. The number of rotatable bonds is 4. The van der Waals surface area contributed by atoms with Crippen molar-refractivity contribution in [3.05, 3.63) is 12.2 Å². The zero-order valence-corrected chi connectivity index (χ0v) is 10.5. The Morgan fingerprint density at radius 3 is 2.63 bits per heavy atom. The van der Waals surface area contributed by atoms with Crippen molar-refractivity contribution >= 4 is 11.9 Å². The number of amides is 1. The van der Waals surface area contributed by atoms with Gasteiger partial charge in [-0.15, -0.1) is 0 Å². The third-order valence-corrected chi connectivity index (χ3v) is 4.02. The number of hydrogen-bond donors (Lipinski definition) is 2. The maximum Gasteiger partial charge on any atom is 0.310 e. The zero-order chi connectivity index (χ0) is 13.4. The minimum absolute atomic E-state index is 0.0577. The van der Waals surface area contributed by atoms with Crippen molar-refractivity contribution in [3.63, 3.8) is 0 Å². The molecule has 0 spiro atoms. The van der Waals surface area contributed by atoms with Crippen molar-refractivity contribution in [3.8, 4) is 0 Å². The highest BCUT2D eigenvalue weighted by Crippen LogP contribution is 2.39. The van der Waals surface area contributed by atoms with E-state index < -0.39 is 30.0 Å². The number of carbonyl (C=O) groups excluding carboxylic acids is 1. The molecule has 5 atom stereocenters. The van der Waals surface area contributed by atoms with E-state index in [2.05, 4.69) is 5.32 Å². The van der Waals surface area contributed by atoms with Crippen LogP contribution in [-0.4, -0.2) is 48.4 Å². The van der Waals surface area contributed by atoms with Crippen LogP contribution in [0.2, 0.25) is 0 Å². The molecular weight excluding hydrogens is 250 g/mol. The minimum Gasteiger partial charge on any atom is -0.481 e. The van der Waals surface area contributed by atoms with E-state index in [1.807, 2.05) is 0 Å². The van der Waals surface area contributed by atoms with Gasteiger partial charge in [-0.05, 0) is 12.8 Å². The first-order valence-electron chi connectivity index (χ1n) is 6.63. The summed E-state index contributed by atoms with van der Waals surface area (Å²) >= 11 is 0. The summed E-state index contributed by atoms with van der Waals surface area (Å²) in [7, 11) is 0. The van der Waals surface area contributed by atoms with Crippen LogP contribution in [0.1, 0.15) is 12.8 Å². The van der Waals surface area contributed by atoms with E-state index in [9.17, 15) is 14.7 Å². The fourth-order valence-electron chi connectivity index (χ4n) is 3.05. The van der Waals surface area contributed by atoms with Gasteiger partial charge in [-0.1, -0.05) is 12.2 Å². The van der Waals surface area contributed by atoms with Gasteiger partial charge >= 0.3 is 5.97 Å². The Morgan fingerprint density at radius 1 is 1.26 bits per heavy atom. The number of carbonyl (C=O) groups is 2. The van der Waals surface area contributed by atoms with Crippen LogP contribution in [0.25, 0.3) is 0 Å². The summed E-state index contributed by atoms with van der Waals surface area (Å²) in [5, 5.41) is 12.0. The Kier molecular flexibility index (Phi) is 3.28. The highest BCUT2D eigenvalue weighted by Gasteiger charge is 2.53. The number of fused-ring (bicyclic) bond motifs is 2. The van der Waals surface area contributed by atoms with Crippen molar-refractivity contribution in [1.82, 2.24) is 5.32 Å². The van der Waals surface area contributed by atoms with E-state index in [0.29, 0.717) is 6.54 Å². The molecule has 2 fully saturated rings. The SMILES string of the molecule is O=C(O)C1C2C=CC(O2)C1C(=O)NCC1CCCO1. The van der Waals surface area contributed by atoms with Crippen LogP contribution in [0.3, 0.4) is 0 Å².